The molecular weight excluding hydrogens is 453 g/mol. The van der Waals surface area contributed by atoms with Crippen LogP contribution in [0.15, 0.2) is 60.3 Å². The van der Waals surface area contributed by atoms with Crippen LogP contribution in [0.4, 0.5) is 13.2 Å². The number of alkyl halides is 3. The first kappa shape index (κ1) is 23.1. The van der Waals surface area contributed by atoms with Gasteiger partial charge in [-0.1, -0.05) is 6.07 Å². The normalized spacial score (nSPS) is 18.1. The van der Waals surface area contributed by atoms with Crippen LogP contribution in [-0.4, -0.2) is 38.3 Å². The van der Waals surface area contributed by atoms with Gasteiger partial charge in [-0.3, -0.25) is 14.6 Å². The molecule has 0 fully saturated rings. The number of pyridine rings is 1. The van der Waals surface area contributed by atoms with Crippen LogP contribution in [0.25, 0.3) is 5.70 Å². The molecule has 174 valence electrons. The van der Waals surface area contributed by atoms with Crippen molar-refractivity contribution >= 4 is 17.4 Å². The van der Waals surface area contributed by atoms with Crippen LogP contribution in [0, 0.1) is 13.8 Å². The third-order valence-electron chi connectivity index (χ3n) is 5.10. The molecule has 2 N–H and O–H groups in total. The van der Waals surface area contributed by atoms with Crippen LogP contribution < -0.4 is 10.1 Å². The van der Waals surface area contributed by atoms with Gasteiger partial charge in [0.05, 0.1) is 17.0 Å². The van der Waals surface area contributed by atoms with Gasteiger partial charge >= 0.3 is 6.36 Å². The Balaban J connectivity index is 1.88. The molecule has 0 aliphatic carbocycles. The zero-order valence-corrected chi connectivity index (χ0v) is 17.8. The molecule has 8 nitrogen and oxygen atoms in total. The first-order valence-corrected chi connectivity index (χ1v) is 9.92. The maximum absolute atomic E-state index is 13.5. The van der Waals surface area contributed by atoms with E-state index in [4.69, 9.17) is 0 Å². The highest BCUT2D eigenvalue weighted by Crippen LogP contribution is 2.40. The molecule has 1 unspecified atom stereocenters. The molecule has 1 aliphatic heterocycles. The molecule has 3 aromatic rings. The molecule has 1 aromatic carbocycles. The SMILES string of the molecule is Cc1ccc(C(=O)C2=C(c3ccc(OC(F)(F)F)cc3)NC(=O)C2(O)c2ccc(C)nn2)nc1. The van der Waals surface area contributed by atoms with E-state index in [1.165, 1.54) is 36.5 Å². The van der Waals surface area contributed by atoms with Crippen molar-refractivity contribution in [2.24, 2.45) is 0 Å². The number of carbonyl (C=O) groups is 2. The second-order valence-corrected chi connectivity index (χ2v) is 7.60. The molecule has 0 saturated carbocycles. The zero-order valence-electron chi connectivity index (χ0n) is 17.8. The number of aryl methyl sites for hydroxylation is 2. The van der Waals surface area contributed by atoms with E-state index in [-0.39, 0.29) is 28.2 Å². The minimum Gasteiger partial charge on any atom is -0.406 e. The summed E-state index contributed by atoms with van der Waals surface area (Å²) in [6, 6.07) is 10.4. The number of ketones is 1. The van der Waals surface area contributed by atoms with E-state index in [0.717, 1.165) is 17.7 Å². The van der Waals surface area contributed by atoms with Gasteiger partial charge in [0.25, 0.3) is 5.91 Å². The van der Waals surface area contributed by atoms with Crippen LogP contribution >= 0.6 is 0 Å². The topological polar surface area (TPSA) is 114 Å². The number of nitrogens with one attached hydrogen (secondary N) is 1. The van der Waals surface area contributed by atoms with Gasteiger partial charge in [0.2, 0.25) is 11.4 Å². The van der Waals surface area contributed by atoms with Crippen molar-refractivity contribution in [3.05, 3.63) is 88.5 Å². The minimum absolute atomic E-state index is 0.0508. The Morgan fingerprint density at radius 1 is 1.03 bits per heavy atom. The lowest BCUT2D eigenvalue weighted by Gasteiger charge is -2.21. The summed E-state index contributed by atoms with van der Waals surface area (Å²) < 4.78 is 41.4. The van der Waals surface area contributed by atoms with E-state index < -0.39 is 29.4 Å². The van der Waals surface area contributed by atoms with Gasteiger partial charge in [-0.05, 0) is 67.4 Å². The molecule has 0 bridgehead atoms. The van der Waals surface area contributed by atoms with Crippen molar-refractivity contribution in [1.82, 2.24) is 20.5 Å². The number of aliphatic hydroxyl groups is 1. The molecule has 1 amide bonds. The summed E-state index contributed by atoms with van der Waals surface area (Å²) in [5, 5.41) is 21.7. The second kappa shape index (κ2) is 8.34. The summed E-state index contributed by atoms with van der Waals surface area (Å²) in [6.07, 6.45) is -3.43. The number of benzene rings is 1. The Bertz CT molecular complexity index is 1290. The summed E-state index contributed by atoms with van der Waals surface area (Å²) in [5.74, 6) is -2.23. The summed E-state index contributed by atoms with van der Waals surface area (Å²) >= 11 is 0. The highest BCUT2D eigenvalue weighted by Gasteiger charge is 2.53. The van der Waals surface area contributed by atoms with Crippen LogP contribution in [0.5, 0.6) is 5.75 Å². The van der Waals surface area contributed by atoms with Gasteiger partial charge in [0.1, 0.15) is 17.1 Å². The highest BCUT2D eigenvalue weighted by molar-refractivity contribution is 6.22. The van der Waals surface area contributed by atoms with Crippen molar-refractivity contribution in [3.8, 4) is 5.75 Å². The average Bonchev–Trinajstić information content (AvgIpc) is 3.05. The molecule has 0 saturated heterocycles. The number of rotatable bonds is 5. The molecule has 34 heavy (non-hydrogen) atoms. The number of ether oxygens (including phenoxy) is 1. The Labute approximate surface area is 191 Å². The smallest absolute Gasteiger partial charge is 0.406 e. The van der Waals surface area contributed by atoms with Gasteiger partial charge < -0.3 is 15.2 Å². The number of aromatic nitrogens is 3. The third kappa shape index (κ3) is 4.25. The van der Waals surface area contributed by atoms with Crippen LogP contribution in [-0.2, 0) is 10.4 Å². The Hall–Kier alpha value is -4.12. The quantitative estimate of drug-likeness (QED) is 0.551. The fourth-order valence-corrected chi connectivity index (χ4v) is 3.45. The molecule has 2 aromatic heterocycles. The van der Waals surface area contributed by atoms with Gasteiger partial charge in [0, 0.05) is 6.20 Å². The van der Waals surface area contributed by atoms with Crippen LogP contribution in [0.3, 0.4) is 0 Å². The molecular formula is C23H17F3N4O4. The fourth-order valence-electron chi connectivity index (χ4n) is 3.45. The molecule has 0 spiro atoms. The van der Waals surface area contributed by atoms with Gasteiger partial charge in [-0.15, -0.1) is 13.2 Å². The zero-order chi connectivity index (χ0) is 24.7. The van der Waals surface area contributed by atoms with Gasteiger partial charge in [-0.2, -0.15) is 10.2 Å². The van der Waals surface area contributed by atoms with Crippen molar-refractivity contribution in [2.45, 2.75) is 25.8 Å². The molecule has 3 heterocycles. The fraction of sp³-hybridized carbons (Fsp3) is 0.174. The third-order valence-corrected chi connectivity index (χ3v) is 5.10. The lowest BCUT2D eigenvalue weighted by Crippen LogP contribution is -2.41. The summed E-state index contributed by atoms with van der Waals surface area (Å²) in [5.41, 5.74) is -1.77. The number of halogens is 3. The van der Waals surface area contributed by atoms with Crippen LogP contribution in [0.2, 0.25) is 0 Å². The standard InChI is InChI=1S/C23H17F3N4O4/c1-12-3-9-16(27-11-12)20(31)18-19(14-5-7-15(8-6-14)34-23(24,25)26)28-21(32)22(18,33)17-10-4-13(2)29-30-17/h3-11,33H,1-2H3,(H,28,32). The summed E-state index contributed by atoms with van der Waals surface area (Å²) in [4.78, 5) is 30.6. The van der Waals surface area contributed by atoms with E-state index in [2.05, 4.69) is 25.2 Å². The first-order valence-electron chi connectivity index (χ1n) is 9.92. The predicted molar refractivity (Wildman–Crippen MR) is 112 cm³/mol. The van der Waals surface area contributed by atoms with Crippen molar-refractivity contribution in [3.63, 3.8) is 0 Å². The number of nitrogens with zero attached hydrogens (tertiary/aromatic N) is 3. The Kier molecular flexibility index (Phi) is 5.65. The van der Waals surface area contributed by atoms with E-state index >= 15 is 0 Å². The van der Waals surface area contributed by atoms with Crippen molar-refractivity contribution in [1.29, 1.82) is 0 Å². The number of Topliss-reactive ketones (excluding diaryl/α,β-unsaturated/α-hetero) is 1. The number of hydrogen-bond acceptors (Lipinski definition) is 7. The molecule has 1 atom stereocenters. The maximum atomic E-state index is 13.5. The predicted octanol–water partition coefficient (Wildman–Crippen LogP) is 3.00. The Morgan fingerprint density at radius 2 is 1.74 bits per heavy atom. The van der Waals surface area contributed by atoms with Gasteiger partial charge in [0.15, 0.2) is 0 Å². The average molecular weight is 470 g/mol. The van der Waals surface area contributed by atoms with E-state index in [9.17, 15) is 27.9 Å². The van der Waals surface area contributed by atoms with Gasteiger partial charge in [-0.25, -0.2) is 0 Å². The van der Waals surface area contributed by atoms with E-state index in [0.29, 0.717) is 5.69 Å². The highest BCUT2D eigenvalue weighted by atomic mass is 19.4. The summed E-state index contributed by atoms with van der Waals surface area (Å²) in [6.45, 7) is 3.43. The maximum Gasteiger partial charge on any atom is 0.573 e. The molecule has 4 rings (SSSR count). The van der Waals surface area contributed by atoms with Crippen molar-refractivity contribution in [2.75, 3.05) is 0 Å². The lowest BCUT2D eigenvalue weighted by molar-refractivity contribution is -0.274. The lowest BCUT2D eigenvalue weighted by atomic mass is 9.85. The number of carbonyl (C=O) groups excluding carboxylic acids is 2. The summed E-state index contributed by atoms with van der Waals surface area (Å²) in [7, 11) is 0. The number of hydrogen-bond donors (Lipinski definition) is 2. The monoisotopic (exact) mass is 470 g/mol. The van der Waals surface area contributed by atoms with Crippen LogP contribution in [0.1, 0.15) is 33.0 Å². The largest absolute Gasteiger partial charge is 0.573 e. The van der Waals surface area contributed by atoms with E-state index in [1.807, 2.05) is 0 Å². The van der Waals surface area contributed by atoms with E-state index in [1.54, 1.807) is 19.9 Å². The Morgan fingerprint density at radius 3 is 2.29 bits per heavy atom. The molecule has 0 radical (unpaired) electrons. The van der Waals surface area contributed by atoms with Crippen molar-refractivity contribution < 1.29 is 32.6 Å². The number of amides is 1. The molecule has 1 aliphatic rings. The first-order chi connectivity index (χ1) is 16.0. The minimum atomic E-state index is -4.88. The molecule has 11 heteroatoms. The second-order valence-electron chi connectivity index (χ2n) is 7.60.